The number of carbonyl (C=O) groups excluding carboxylic acids is 1. The van der Waals surface area contributed by atoms with E-state index in [0.717, 1.165) is 12.8 Å². The Hall–Kier alpha value is -2.13. The second kappa shape index (κ2) is 8.26. The van der Waals surface area contributed by atoms with Crippen LogP contribution >= 0.6 is 0 Å². The van der Waals surface area contributed by atoms with Crippen LogP contribution in [-0.4, -0.2) is 18.5 Å². The Morgan fingerprint density at radius 1 is 0.926 bits per heavy atom. The molecule has 4 rings (SSSR count). The van der Waals surface area contributed by atoms with E-state index in [1.165, 1.54) is 30.4 Å². The second-order valence-electron chi connectivity index (χ2n) is 8.32. The van der Waals surface area contributed by atoms with Crippen molar-refractivity contribution in [2.75, 3.05) is 6.54 Å². The van der Waals surface area contributed by atoms with Crippen molar-refractivity contribution < 1.29 is 4.79 Å². The molecule has 0 radical (unpaired) electrons. The Bertz CT molecular complexity index is 692. The van der Waals surface area contributed by atoms with Gasteiger partial charge in [0.05, 0.1) is 0 Å². The lowest BCUT2D eigenvalue weighted by Crippen LogP contribution is -2.49. The summed E-state index contributed by atoms with van der Waals surface area (Å²) in [5, 5.41) is 3.27. The highest BCUT2D eigenvalue weighted by Crippen LogP contribution is 2.42. The Balaban J connectivity index is 1.44. The number of nitrogens with one attached hydrogen (secondary N) is 1. The second-order valence-corrected chi connectivity index (χ2v) is 8.32. The molecule has 0 aliphatic heterocycles. The molecule has 2 saturated carbocycles. The first-order chi connectivity index (χ1) is 13.2. The molecule has 0 heterocycles. The number of hydrogen-bond acceptors (Lipinski definition) is 2. The van der Waals surface area contributed by atoms with Crippen molar-refractivity contribution >= 4 is 5.91 Å². The van der Waals surface area contributed by atoms with Crippen LogP contribution in [0.3, 0.4) is 0 Å². The number of rotatable bonds is 5. The topological polar surface area (TPSA) is 55.1 Å². The van der Waals surface area contributed by atoms with E-state index in [-0.39, 0.29) is 17.7 Å². The van der Waals surface area contributed by atoms with Gasteiger partial charge in [0.15, 0.2) is 0 Å². The van der Waals surface area contributed by atoms with Crippen molar-refractivity contribution in [3.63, 3.8) is 0 Å². The smallest absolute Gasteiger partial charge is 0.223 e. The first-order valence-corrected chi connectivity index (χ1v) is 10.4. The van der Waals surface area contributed by atoms with Crippen LogP contribution in [0, 0.1) is 17.8 Å². The lowest BCUT2D eigenvalue weighted by molar-refractivity contribution is -0.127. The molecule has 0 aromatic heterocycles. The van der Waals surface area contributed by atoms with E-state index in [0.29, 0.717) is 24.4 Å². The third kappa shape index (κ3) is 4.08. The highest BCUT2D eigenvalue weighted by Gasteiger charge is 2.40. The van der Waals surface area contributed by atoms with E-state index in [4.69, 9.17) is 5.73 Å². The van der Waals surface area contributed by atoms with Crippen molar-refractivity contribution in [2.45, 2.75) is 44.1 Å². The molecule has 2 aromatic rings. The minimum atomic E-state index is 0.132. The SMILES string of the molecule is NC1C2CCCC1CC(C(=O)NCC(c1ccccc1)c1ccccc1)C2. The number of carbonyl (C=O) groups is 1. The van der Waals surface area contributed by atoms with Crippen molar-refractivity contribution in [3.05, 3.63) is 71.8 Å². The molecule has 2 aliphatic rings. The van der Waals surface area contributed by atoms with E-state index in [1.54, 1.807) is 0 Å². The summed E-state index contributed by atoms with van der Waals surface area (Å²) in [6, 6.07) is 21.2. The fraction of sp³-hybridized carbons (Fsp3) is 0.458. The van der Waals surface area contributed by atoms with E-state index in [1.807, 2.05) is 12.1 Å². The Morgan fingerprint density at radius 3 is 1.96 bits per heavy atom. The van der Waals surface area contributed by atoms with Gasteiger partial charge in [-0.3, -0.25) is 4.79 Å². The third-order valence-electron chi connectivity index (χ3n) is 6.67. The molecular formula is C24H30N2O. The van der Waals surface area contributed by atoms with Gasteiger partial charge in [-0.2, -0.15) is 0 Å². The molecule has 1 amide bonds. The van der Waals surface area contributed by atoms with Crippen LogP contribution in [0.2, 0.25) is 0 Å². The standard InChI is InChI=1S/C24H30N2O/c25-23-19-12-7-13-20(23)15-21(14-19)24(27)26-16-22(17-8-3-1-4-9-17)18-10-5-2-6-11-18/h1-6,8-11,19-23H,7,12-16,25H2,(H,26,27). The van der Waals surface area contributed by atoms with Crippen molar-refractivity contribution in [2.24, 2.45) is 23.5 Å². The van der Waals surface area contributed by atoms with Gasteiger partial charge in [0.25, 0.3) is 0 Å². The fourth-order valence-corrected chi connectivity index (χ4v) is 5.15. The Kier molecular flexibility index (Phi) is 5.58. The van der Waals surface area contributed by atoms with Crippen LogP contribution < -0.4 is 11.1 Å². The average molecular weight is 363 g/mol. The zero-order chi connectivity index (χ0) is 18.6. The quantitative estimate of drug-likeness (QED) is 0.842. The summed E-state index contributed by atoms with van der Waals surface area (Å²) in [6.45, 7) is 0.644. The minimum Gasteiger partial charge on any atom is -0.355 e. The molecule has 0 saturated heterocycles. The van der Waals surface area contributed by atoms with Crippen LogP contribution in [0.1, 0.15) is 49.1 Å². The van der Waals surface area contributed by atoms with Crippen LogP contribution in [0.25, 0.3) is 0 Å². The van der Waals surface area contributed by atoms with Gasteiger partial charge >= 0.3 is 0 Å². The van der Waals surface area contributed by atoms with Gasteiger partial charge in [0, 0.05) is 24.4 Å². The number of hydrogen-bond donors (Lipinski definition) is 2. The van der Waals surface area contributed by atoms with Crippen molar-refractivity contribution in [1.82, 2.24) is 5.32 Å². The van der Waals surface area contributed by atoms with E-state index in [2.05, 4.69) is 53.8 Å². The molecule has 3 heteroatoms. The van der Waals surface area contributed by atoms with Gasteiger partial charge in [-0.25, -0.2) is 0 Å². The molecule has 2 aliphatic carbocycles. The normalized spacial score (nSPS) is 27.3. The zero-order valence-electron chi connectivity index (χ0n) is 15.9. The maximum atomic E-state index is 13.0. The summed E-state index contributed by atoms with van der Waals surface area (Å²) in [6.07, 6.45) is 5.59. The highest BCUT2D eigenvalue weighted by atomic mass is 16.1. The summed E-state index contributed by atoms with van der Waals surface area (Å²) >= 11 is 0. The largest absolute Gasteiger partial charge is 0.355 e. The lowest BCUT2D eigenvalue weighted by Gasteiger charge is -2.43. The summed E-state index contributed by atoms with van der Waals surface area (Å²) in [7, 11) is 0. The van der Waals surface area contributed by atoms with Gasteiger partial charge in [-0.05, 0) is 48.6 Å². The highest BCUT2D eigenvalue weighted by molar-refractivity contribution is 5.79. The van der Waals surface area contributed by atoms with Gasteiger partial charge in [-0.15, -0.1) is 0 Å². The first kappa shape index (κ1) is 18.2. The molecule has 2 unspecified atom stereocenters. The van der Waals surface area contributed by atoms with Gasteiger partial charge in [-0.1, -0.05) is 67.1 Å². The monoisotopic (exact) mass is 362 g/mol. The van der Waals surface area contributed by atoms with E-state index < -0.39 is 0 Å². The van der Waals surface area contributed by atoms with Gasteiger partial charge < -0.3 is 11.1 Å². The van der Waals surface area contributed by atoms with Crippen LogP contribution in [-0.2, 0) is 4.79 Å². The van der Waals surface area contributed by atoms with Crippen molar-refractivity contribution in [3.8, 4) is 0 Å². The molecule has 3 N–H and O–H groups in total. The number of amides is 1. The van der Waals surface area contributed by atoms with Crippen LogP contribution in [0.5, 0.6) is 0 Å². The Labute approximate surface area is 162 Å². The maximum Gasteiger partial charge on any atom is 0.223 e. The number of benzene rings is 2. The lowest BCUT2D eigenvalue weighted by atomic mass is 9.65. The summed E-state index contributed by atoms with van der Waals surface area (Å²) in [5.41, 5.74) is 8.87. The minimum absolute atomic E-state index is 0.132. The number of fused-ring (bicyclic) bond motifs is 2. The Morgan fingerprint density at radius 2 is 1.44 bits per heavy atom. The third-order valence-corrected chi connectivity index (χ3v) is 6.67. The predicted molar refractivity (Wildman–Crippen MR) is 109 cm³/mol. The fourth-order valence-electron chi connectivity index (χ4n) is 5.15. The summed E-state index contributed by atoms with van der Waals surface area (Å²) in [4.78, 5) is 13.0. The van der Waals surface area contributed by atoms with Gasteiger partial charge in [0.1, 0.15) is 0 Å². The molecule has 142 valence electrons. The predicted octanol–water partition coefficient (Wildman–Crippen LogP) is 4.09. The maximum absolute atomic E-state index is 13.0. The van der Waals surface area contributed by atoms with Crippen molar-refractivity contribution in [1.29, 1.82) is 0 Å². The number of nitrogens with two attached hydrogens (primary N) is 1. The van der Waals surface area contributed by atoms with Crippen LogP contribution in [0.15, 0.2) is 60.7 Å². The molecular weight excluding hydrogens is 332 g/mol. The molecule has 3 nitrogen and oxygen atoms in total. The molecule has 27 heavy (non-hydrogen) atoms. The van der Waals surface area contributed by atoms with E-state index >= 15 is 0 Å². The summed E-state index contributed by atoms with van der Waals surface area (Å²) in [5.74, 6) is 1.60. The molecule has 2 aromatic carbocycles. The molecule has 0 spiro atoms. The molecule has 2 bridgehead atoms. The van der Waals surface area contributed by atoms with Gasteiger partial charge in [0.2, 0.25) is 5.91 Å². The van der Waals surface area contributed by atoms with E-state index in [9.17, 15) is 4.79 Å². The first-order valence-electron chi connectivity index (χ1n) is 10.4. The average Bonchev–Trinajstić information content (AvgIpc) is 2.69. The summed E-state index contributed by atoms with van der Waals surface area (Å²) < 4.78 is 0. The molecule has 2 fully saturated rings. The zero-order valence-corrected chi connectivity index (χ0v) is 15.9. The molecule has 2 atom stereocenters. The van der Waals surface area contributed by atoms with Crippen LogP contribution in [0.4, 0.5) is 0 Å².